The van der Waals surface area contributed by atoms with Crippen LogP contribution in [-0.4, -0.2) is 40.4 Å². The molecule has 2 rings (SSSR count). The lowest BCUT2D eigenvalue weighted by Gasteiger charge is -2.34. The van der Waals surface area contributed by atoms with Gasteiger partial charge in [0.05, 0.1) is 17.1 Å². The lowest BCUT2D eigenvalue weighted by Crippen LogP contribution is -2.46. The predicted molar refractivity (Wildman–Crippen MR) is 72.4 cm³/mol. The number of nitrogens with zero attached hydrogens (tertiary/aromatic N) is 3. The summed E-state index contributed by atoms with van der Waals surface area (Å²) in [5.41, 5.74) is 0. The lowest BCUT2D eigenvalue weighted by atomic mass is 10.0. The van der Waals surface area contributed by atoms with E-state index in [9.17, 15) is 13.6 Å². The molecule has 0 spiro atoms. The number of rotatable bonds is 3. The molecule has 1 N–H and O–H groups in total. The molecule has 0 saturated carbocycles. The number of carbonyl (C=O) groups is 1. The van der Waals surface area contributed by atoms with Crippen LogP contribution in [0.1, 0.15) is 31.1 Å². The highest BCUT2D eigenvalue weighted by atomic mass is 79.9. The number of halogens is 3. The van der Waals surface area contributed by atoms with Crippen molar-refractivity contribution in [1.29, 1.82) is 0 Å². The van der Waals surface area contributed by atoms with Crippen molar-refractivity contribution in [2.45, 2.75) is 31.7 Å². The zero-order valence-corrected chi connectivity index (χ0v) is 12.3. The molecule has 110 valence electrons. The minimum Gasteiger partial charge on any atom is -0.332 e. The second-order valence-corrected chi connectivity index (χ2v) is 5.46. The van der Waals surface area contributed by atoms with Crippen LogP contribution < -0.4 is 5.32 Å². The van der Waals surface area contributed by atoms with Crippen molar-refractivity contribution in [2.75, 3.05) is 13.1 Å². The van der Waals surface area contributed by atoms with Crippen LogP contribution in [0.5, 0.6) is 0 Å². The van der Waals surface area contributed by atoms with Crippen molar-refractivity contribution in [3.63, 3.8) is 0 Å². The van der Waals surface area contributed by atoms with Crippen LogP contribution in [0.25, 0.3) is 0 Å². The van der Waals surface area contributed by atoms with Gasteiger partial charge in [-0.1, -0.05) is 0 Å². The van der Waals surface area contributed by atoms with Crippen molar-refractivity contribution in [3.8, 4) is 0 Å². The molecular weight excluding hydrogens is 334 g/mol. The Bertz CT molecular complexity index is 457. The van der Waals surface area contributed by atoms with Crippen LogP contribution in [0.2, 0.25) is 0 Å². The Morgan fingerprint density at radius 2 is 2.15 bits per heavy atom. The van der Waals surface area contributed by atoms with E-state index < -0.39 is 19.0 Å². The highest BCUT2D eigenvalue weighted by Crippen LogP contribution is 2.28. The SMILES string of the molecule is O=C(NCC(F)F)N1CCCCC1c1ncc(Br)cn1. The molecule has 0 aromatic carbocycles. The Morgan fingerprint density at radius 1 is 1.45 bits per heavy atom. The van der Waals surface area contributed by atoms with E-state index >= 15 is 0 Å². The highest BCUT2D eigenvalue weighted by Gasteiger charge is 2.30. The average Bonchev–Trinajstić information content (AvgIpc) is 2.45. The van der Waals surface area contributed by atoms with Crippen LogP contribution in [0.4, 0.5) is 13.6 Å². The standard InChI is InChI=1S/C12H15BrF2N4O/c13-8-5-16-11(17-6-8)9-3-1-2-4-19(9)12(20)18-7-10(14)15/h5-6,9-10H,1-4,7H2,(H,18,20). The third-order valence-corrected chi connectivity index (χ3v) is 3.52. The zero-order chi connectivity index (χ0) is 14.5. The average molecular weight is 349 g/mol. The summed E-state index contributed by atoms with van der Waals surface area (Å²) in [7, 11) is 0. The maximum atomic E-state index is 12.2. The van der Waals surface area contributed by atoms with E-state index in [2.05, 4.69) is 31.2 Å². The quantitative estimate of drug-likeness (QED) is 0.913. The van der Waals surface area contributed by atoms with Crippen molar-refractivity contribution < 1.29 is 13.6 Å². The molecule has 0 radical (unpaired) electrons. The Labute approximate surface area is 123 Å². The number of urea groups is 1. The molecule has 8 heteroatoms. The molecule has 1 aromatic heterocycles. The number of hydrogen-bond acceptors (Lipinski definition) is 3. The number of nitrogens with one attached hydrogen (secondary N) is 1. The number of hydrogen-bond donors (Lipinski definition) is 1. The van der Waals surface area contributed by atoms with E-state index in [-0.39, 0.29) is 6.04 Å². The molecule has 2 amide bonds. The van der Waals surface area contributed by atoms with E-state index in [1.54, 1.807) is 12.4 Å². The number of aromatic nitrogens is 2. The molecule has 1 aromatic rings. The minimum absolute atomic E-state index is 0.255. The van der Waals surface area contributed by atoms with E-state index in [0.717, 1.165) is 23.7 Å². The van der Waals surface area contributed by atoms with Gasteiger partial charge in [-0.25, -0.2) is 23.5 Å². The summed E-state index contributed by atoms with van der Waals surface area (Å²) in [6.45, 7) is -0.109. The van der Waals surface area contributed by atoms with Gasteiger partial charge in [0.25, 0.3) is 6.43 Å². The highest BCUT2D eigenvalue weighted by molar-refractivity contribution is 9.10. The van der Waals surface area contributed by atoms with Crippen molar-refractivity contribution in [1.82, 2.24) is 20.2 Å². The van der Waals surface area contributed by atoms with Gasteiger partial charge in [0.15, 0.2) is 5.82 Å². The molecule has 1 unspecified atom stereocenters. The van der Waals surface area contributed by atoms with Crippen LogP contribution in [0, 0.1) is 0 Å². The first kappa shape index (κ1) is 15.1. The lowest BCUT2D eigenvalue weighted by molar-refractivity contribution is 0.124. The van der Waals surface area contributed by atoms with Gasteiger partial charge >= 0.3 is 6.03 Å². The van der Waals surface area contributed by atoms with Gasteiger partial charge in [0, 0.05) is 18.9 Å². The summed E-state index contributed by atoms with van der Waals surface area (Å²) < 4.78 is 25.1. The van der Waals surface area contributed by atoms with Crippen LogP contribution in [-0.2, 0) is 0 Å². The van der Waals surface area contributed by atoms with Gasteiger partial charge < -0.3 is 10.2 Å². The second-order valence-electron chi connectivity index (χ2n) is 4.54. The Hall–Kier alpha value is -1.31. The van der Waals surface area contributed by atoms with E-state index in [1.807, 2.05) is 0 Å². The van der Waals surface area contributed by atoms with Crippen molar-refractivity contribution >= 4 is 22.0 Å². The van der Waals surface area contributed by atoms with Crippen LogP contribution >= 0.6 is 15.9 Å². The summed E-state index contributed by atoms with van der Waals surface area (Å²) in [5.74, 6) is 0.542. The van der Waals surface area contributed by atoms with Gasteiger partial charge in [0.1, 0.15) is 0 Å². The number of carbonyl (C=O) groups excluding carboxylic acids is 1. The van der Waals surface area contributed by atoms with E-state index in [0.29, 0.717) is 12.4 Å². The first-order valence-corrected chi connectivity index (χ1v) is 7.17. The van der Waals surface area contributed by atoms with Gasteiger partial charge in [0.2, 0.25) is 0 Å². The molecule has 5 nitrogen and oxygen atoms in total. The summed E-state index contributed by atoms with van der Waals surface area (Å²) in [6, 6.07) is -0.740. The number of alkyl halides is 2. The number of piperidine rings is 1. The van der Waals surface area contributed by atoms with Gasteiger partial charge in [-0.3, -0.25) is 0 Å². The Balaban J connectivity index is 2.08. The Morgan fingerprint density at radius 3 is 2.80 bits per heavy atom. The van der Waals surface area contributed by atoms with Crippen molar-refractivity contribution in [2.24, 2.45) is 0 Å². The molecule has 2 heterocycles. The van der Waals surface area contributed by atoms with Crippen LogP contribution in [0.15, 0.2) is 16.9 Å². The molecule has 1 aliphatic rings. The van der Waals surface area contributed by atoms with E-state index in [4.69, 9.17) is 0 Å². The smallest absolute Gasteiger partial charge is 0.318 e. The topological polar surface area (TPSA) is 58.1 Å². The summed E-state index contributed by atoms with van der Waals surface area (Å²) in [4.78, 5) is 21.9. The predicted octanol–water partition coefficient (Wildman–Crippen LogP) is 2.74. The monoisotopic (exact) mass is 348 g/mol. The molecule has 1 aliphatic heterocycles. The first-order chi connectivity index (χ1) is 9.58. The normalized spacial score (nSPS) is 19.2. The summed E-state index contributed by atoms with van der Waals surface area (Å²) in [5, 5.41) is 2.24. The van der Waals surface area contributed by atoms with Gasteiger partial charge in [-0.05, 0) is 35.2 Å². The van der Waals surface area contributed by atoms with Crippen LogP contribution in [0.3, 0.4) is 0 Å². The summed E-state index contributed by atoms with van der Waals surface area (Å²) >= 11 is 3.25. The fourth-order valence-corrected chi connectivity index (χ4v) is 2.41. The fraction of sp³-hybridized carbons (Fsp3) is 0.583. The third-order valence-electron chi connectivity index (χ3n) is 3.11. The van der Waals surface area contributed by atoms with Gasteiger partial charge in [-0.15, -0.1) is 0 Å². The number of amides is 2. The second kappa shape index (κ2) is 6.92. The first-order valence-electron chi connectivity index (χ1n) is 6.38. The maximum absolute atomic E-state index is 12.2. The molecule has 1 atom stereocenters. The molecule has 20 heavy (non-hydrogen) atoms. The van der Waals surface area contributed by atoms with E-state index in [1.165, 1.54) is 4.90 Å². The molecule has 0 aliphatic carbocycles. The molecule has 1 saturated heterocycles. The maximum Gasteiger partial charge on any atom is 0.318 e. The molecule has 1 fully saturated rings. The molecule has 0 bridgehead atoms. The summed E-state index contributed by atoms with van der Waals surface area (Å²) in [6.07, 6.45) is 3.24. The fourth-order valence-electron chi connectivity index (χ4n) is 2.20. The minimum atomic E-state index is -2.55. The zero-order valence-electron chi connectivity index (χ0n) is 10.7. The molecular formula is C12H15BrF2N4O. The Kier molecular flexibility index (Phi) is 5.22. The number of likely N-dealkylation sites (tertiary alicyclic amines) is 1. The largest absolute Gasteiger partial charge is 0.332 e. The van der Waals surface area contributed by atoms with Crippen molar-refractivity contribution in [3.05, 3.63) is 22.7 Å². The van der Waals surface area contributed by atoms with Gasteiger partial charge in [-0.2, -0.15) is 0 Å². The third kappa shape index (κ3) is 3.84.